The molecule has 3 rings (SSSR count). The van der Waals surface area contributed by atoms with Crippen molar-refractivity contribution in [2.75, 3.05) is 23.4 Å². The molecule has 2 aromatic carbocycles. The minimum atomic E-state index is -0.382. The van der Waals surface area contributed by atoms with E-state index in [-0.39, 0.29) is 5.97 Å². The van der Waals surface area contributed by atoms with Crippen LogP contribution in [0, 0.1) is 0 Å². The molecule has 0 radical (unpaired) electrons. The largest absolute Gasteiger partial charge is 0.462 e. The summed E-state index contributed by atoms with van der Waals surface area (Å²) in [5.41, 5.74) is 2.22. The summed E-state index contributed by atoms with van der Waals surface area (Å²) >= 11 is 0. The standard InChI is InChI=1S/C21H23N5O2/c1-3-26(15-16-10-6-5-7-11-16)21-24-19(14-22-25-21)23-18-13-9-8-12-17(18)20(27)28-4-2/h5-14H,3-4,15H2,1-2H3,(H,23,24,25). The van der Waals surface area contributed by atoms with Crippen LogP contribution in [0.1, 0.15) is 29.8 Å². The van der Waals surface area contributed by atoms with E-state index in [4.69, 9.17) is 4.74 Å². The molecule has 0 unspecified atom stereocenters. The van der Waals surface area contributed by atoms with Crippen molar-refractivity contribution in [1.82, 2.24) is 15.2 Å². The third kappa shape index (κ3) is 4.82. The first-order valence-corrected chi connectivity index (χ1v) is 9.23. The summed E-state index contributed by atoms with van der Waals surface area (Å²) in [5.74, 6) is 0.644. The van der Waals surface area contributed by atoms with Gasteiger partial charge in [-0.3, -0.25) is 0 Å². The lowest BCUT2D eigenvalue weighted by Gasteiger charge is -2.20. The molecule has 1 heterocycles. The lowest BCUT2D eigenvalue weighted by molar-refractivity contribution is 0.0527. The second-order valence-electron chi connectivity index (χ2n) is 6.03. The summed E-state index contributed by atoms with van der Waals surface area (Å²) in [4.78, 5) is 18.8. The molecule has 3 aromatic rings. The maximum Gasteiger partial charge on any atom is 0.340 e. The summed E-state index contributed by atoms with van der Waals surface area (Å²) in [6.45, 7) is 5.56. The summed E-state index contributed by atoms with van der Waals surface area (Å²) in [5, 5.41) is 11.4. The molecule has 0 amide bonds. The van der Waals surface area contributed by atoms with Crippen LogP contribution < -0.4 is 10.2 Å². The van der Waals surface area contributed by atoms with Crippen LogP contribution in [0.3, 0.4) is 0 Å². The number of anilines is 3. The number of esters is 1. The number of benzene rings is 2. The van der Waals surface area contributed by atoms with Gasteiger partial charge in [0.25, 0.3) is 0 Å². The molecule has 0 aliphatic carbocycles. The Labute approximate surface area is 164 Å². The molecule has 1 aromatic heterocycles. The lowest BCUT2D eigenvalue weighted by Crippen LogP contribution is -2.24. The highest BCUT2D eigenvalue weighted by Crippen LogP contribution is 2.21. The van der Waals surface area contributed by atoms with Gasteiger partial charge in [0.2, 0.25) is 5.95 Å². The molecular formula is C21H23N5O2. The molecule has 0 spiro atoms. The maximum atomic E-state index is 12.2. The van der Waals surface area contributed by atoms with Gasteiger partial charge in [-0.05, 0) is 31.5 Å². The van der Waals surface area contributed by atoms with E-state index in [9.17, 15) is 4.79 Å². The van der Waals surface area contributed by atoms with Gasteiger partial charge < -0.3 is 15.0 Å². The minimum Gasteiger partial charge on any atom is -0.462 e. The predicted molar refractivity (Wildman–Crippen MR) is 109 cm³/mol. The van der Waals surface area contributed by atoms with Gasteiger partial charge in [-0.1, -0.05) is 42.5 Å². The molecule has 0 fully saturated rings. The van der Waals surface area contributed by atoms with Crippen LogP contribution >= 0.6 is 0 Å². The molecule has 0 atom stereocenters. The molecule has 144 valence electrons. The monoisotopic (exact) mass is 377 g/mol. The minimum absolute atomic E-state index is 0.317. The molecular weight excluding hydrogens is 354 g/mol. The number of carbonyl (C=O) groups excluding carboxylic acids is 1. The van der Waals surface area contributed by atoms with E-state index in [1.807, 2.05) is 36.1 Å². The number of rotatable bonds is 8. The van der Waals surface area contributed by atoms with E-state index < -0.39 is 0 Å². The second kappa shape index (κ2) is 9.45. The SMILES string of the molecule is CCOC(=O)c1ccccc1Nc1cnnc(N(CC)Cc2ccccc2)n1. The average Bonchev–Trinajstić information content (AvgIpc) is 2.73. The van der Waals surface area contributed by atoms with Crippen LogP contribution in [0.5, 0.6) is 0 Å². The zero-order valence-corrected chi connectivity index (χ0v) is 16.0. The molecule has 0 saturated carbocycles. The number of aromatic nitrogens is 3. The first-order chi connectivity index (χ1) is 13.7. The molecule has 0 aliphatic rings. The van der Waals surface area contributed by atoms with Gasteiger partial charge in [-0.25, -0.2) is 4.79 Å². The van der Waals surface area contributed by atoms with Gasteiger partial charge >= 0.3 is 5.97 Å². The molecule has 28 heavy (non-hydrogen) atoms. The van der Waals surface area contributed by atoms with Gasteiger partial charge in [0.1, 0.15) is 0 Å². The molecule has 0 bridgehead atoms. The normalized spacial score (nSPS) is 10.4. The Morgan fingerprint density at radius 2 is 1.82 bits per heavy atom. The van der Waals surface area contributed by atoms with Crippen molar-refractivity contribution < 1.29 is 9.53 Å². The first-order valence-electron chi connectivity index (χ1n) is 9.23. The second-order valence-corrected chi connectivity index (χ2v) is 6.03. The zero-order valence-electron chi connectivity index (χ0n) is 16.0. The Bertz CT molecular complexity index is 917. The number of hydrogen-bond donors (Lipinski definition) is 1. The fourth-order valence-corrected chi connectivity index (χ4v) is 2.73. The fraction of sp³-hybridized carbons (Fsp3) is 0.238. The van der Waals surface area contributed by atoms with Crippen LogP contribution in [-0.4, -0.2) is 34.3 Å². The van der Waals surface area contributed by atoms with E-state index in [1.54, 1.807) is 25.1 Å². The molecule has 7 heteroatoms. The van der Waals surface area contributed by atoms with Gasteiger partial charge in [-0.15, -0.1) is 5.10 Å². The van der Waals surface area contributed by atoms with E-state index >= 15 is 0 Å². The number of hydrogen-bond acceptors (Lipinski definition) is 7. The van der Waals surface area contributed by atoms with E-state index in [0.717, 1.165) is 6.54 Å². The highest BCUT2D eigenvalue weighted by Gasteiger charge is 2.14. The van der Waals surface area contributed by atoms with Crippen LogP contribution in [0.15, 0.2) is 60.8 Å². The Balaban J connectivity index is 1.81. The number of ether oxygens (including phenoxy) is 1. The quantitative estimate of drug-likeness (QED) is 0.598. The van der Waals surface area contributed by atoms with Gasteiger partial charge in [0.15, 0.2) is 5.82 Å². The van der Waals surface area contributed by atoms with Crippen molar-refractivity contribution in [1.29, 1.82) is 0 Å². The predicted octanol–water partition coefficient (Wildman–Crippen LogP) is 3.82. The van der Waals surface area contributed by atoms with E-state index in [0.29, 0.717) is 36.2 Å². The molecule has 1 N–H and O–H groups in total. The Hall–Kier alpha value is -3.48. The molecule has 0 saturated heterocycles. The highest BCUT2D eigenvalue weighted by atomic mass is 16.5. The number of carbonyl (C=O) groups is 1. The third-order valence-corrected chi connectivity index (χ3v) is 4.11. The van der Waals surface area contributed by atoms with Crippen LogP contribution in [-0.2, 0) is 11.3 Å². The molecule has 7 nitrogen and oxygen atoms in total. The Morgan fingerprint density at radius 1 is 1.07 bits per heavy atom. The van der Waals surface area contributed by atoms with Gasteiger partial charge in [0, 0.05) is 13.1 Å². The average molecular weight is 377 g/mol. The van der Waals surface area contributed by atoms with Crippen molar-refractivity contribution in [3.63, 3.8) is 0 Å². The summed E-state index contributed by atoms with van der Waals surface area (Å²) in [6, 6.07) is 17.3. The first kappa shape index (κ1) is 19.3. The smallest absolute Gasteiger partial charge is 0.340 e. The van der Waals surface area contributed by atoms with Crippen molar-refractivity contribution in [3.8, 4) is 0 Å². The summed E-state index contributed by atoms with van der Waals surface area (Å²) < 4.78 is 5.12. The van der Waals surface area contributed by atoms with E-state index in [2.05, 4.69) is 32.6 Å². The Morgan fingerprint density at radius 3 is 2.57 bits per heavy atom. The number of nitrogens with zero attached hydrogens (tertiary/aromatic N) is 4. The number of para-hydroxylation sites is 1. The van der Waals surface area contributed by atoms with Crippen LogP contribution in [0.2, 0.25) is 0 Å². The Kier molecular flexibility index (Phi) is 6.51. The van der Waals surface area contributed by atoms with Crippen molar-refractivity contribution in [2.45, 2.75) is 20.4 Å². The van der Waals surface area contributed by atoms with Gasteiger partial charge in [0.05, 0.1) is 24.1 Å². The fourth-order valence-electron chi connectivity index (χ4n) is 2.73. The lowest BCUT2D eigenvalue weighted by atomic mass is 10.2. The molecule has 0 aliphatic heterocycles. The summed E-state index contributed by atoms with van der Waals surface area (Å²) in [6.07, 6.45) is 1.53. The summed E-state index contributed by atoms with van der Waals surface area (Å²) in [7, 11) is 0. The van der Waals surface area contributed by atoms with Gasteiger partial charge in [-0.2, -0.15) is 10.1 Å². The topological polar surface area (TPSA) is 80.2 Å². The zero-order chi connectivity index (χ0) is 19.8. The van der Waals surface area contributed by atoms with Crippen LogP contribution in [0.4, 0.5) is 17.5 Å². The highest BCUT2D eigenvalue weighted by molar-refractivity contribution is 5.96. The third-order valence-electron chi connectivity index (χ3n) is 4.11. The van der Waals surface area contributed by atoms with Crippen molar-refractivity contribution >= 4 is 23.4 Å². The van der Waals surface area contributed by atoms with Crippen molar-refractivity contribution in [2.24, 2.45) is 0 Å². The van der Waals surface area contributed by atoms with Crippen molar-refractivity contribution in [3.05, 3.63) is 71.9 Å². The maximum absolute atomic E-state index is 12.2. The number of nitrogens with one attached hydrogen (secondary N) is 1. The van der Waals surface area contributed by atoms with Crippen LogP contribution in [0.25, 0.3) is 0 Å². The van der Waals surface area contributed by atoms with E-state index in [1.165, 1.54) is 11.8 Å².